The molecule has 28 heavy (non-hydrogen) atoms. The molecule has 0 bridgehead atoms. The van der Waals surface area contributed by atoms with Crippen LogP contribution in [0.2, 0.25) is 0 Å². The summed E-state index contributed by atoms with van der Waals surface area (Å²) in [5.41, 5.74) is 1.18. The molecule has 0 aliphatic carbocycles. The van der Waals surface area contributed by atoms with E-state index in [9.17, 15) is 22.8 Å². The minimum absolute atomic E-state index is 0.0168. The van der Waals surface area contributed by atoms with Crippen LogP contribution in [0, 0.1) is 25.2 Å². The molecule has 10 heteroatoms. The third-order valence-electron chi connectivity index (χ3n) is 4.99. The monoisotopic (exact) mass is 399 g/mol. The van der Waals surface area contributed by atoms with Gasteiger partial charge in [-0.25, -0.2) is 0 Å². The summed E-state index contributed by atoms with van der Waals surface area (Å²) < 4.78 is 40.1. The molecule has 1 aliphatic heterocycles. The zero-order valence-electron chi connectivity index (χ0n) is 15.9. The summed E-state index contributed by atoms with van der Waals surface area (Å²) in [6.07, 6.45) is -4.25. The molecule has 2 rings (SSSR count). The van der Waals surface area contributed by atoms with Gasteiger partial charge in [-0.15, -0.1) is 0 Å². The Morgan fingerprint density at radius 3 is 2.54 bits per heavy atom. The van der Waals surface area contributed by atoms with Crippen molar-refractivity contribution in [2.24, 2.45) is 0 Å². The van der Waals surface area contributed by atoms with Gasteiger partial charge < -0.3 is 15.6 Å². The molecular formula is C18H24F3N5O2. The summed E-state index contributed by atoms with van der Waals surface area (Å²) in [7, 11) is 0. The summed E-state index contributed by atoms with van der Waals surface area (Å²) in [6, 6.07) is 0.110. The van der Waals surface area contributed by atoms with Crippen molar-refractivity contribution < 1.29 is 18.0 Å². The third-order valence-corrected chi connectivity index (χ3v) is 4.99. The molecule has 1 saturated heterocycles. The largest absolute Gasteiger partial charge is 0.405 e. The van der Waals surface area contributed by atoms with Crippen molar-refractivity contribution >= 4 is 5.91 Å². The minimum atomic E-state index is -4.43. The number of amides is 1. The zero-order valence-corrected chi connectivity index (χ0v) is 15.9. The number of piperazine rings is 1. The number of hydrogen-bond acceptors (Lipinski definition) is 5. The molecule has 2 heterocycles. The summed E-state index contributed by atoms with van der Waals surface area (Å²) in [5.74, 6) is -0.507. The van der Waals surface area contributed by atoms with E-state index >= 15 is 0 Å². The molecule has 0 aromatic carbocycles. The minimum Gasteiger partial charge on any atom is -0.354 e. The van der Waals surface area contributed by atoms with Crippen molar-refractivity contribution in [3.8, 4) is 6.07 Å². The van der Waals surface area contributed by atoms with E-state index in [4.69, 9.17) is 5.26 Å². The van der Waals surface area contributed by atoms with E-state index in [1.807, 2.05) is 6.07 Å². The standard InChI is InChI=1S/C18H24F3N5O2/c1-11-13(12(2)25-17(28)14(11)9-22)3-4-16(27)24-10-15(18(19,20)21)26-7-5-23-6-8-26/h15,23H,3-8,10H2,1-2H3,(H,24,27)(H,25,28). The van der Waals surface area contributed by atoms with Crippen LogP contribution in [0.1, 0.15) is 28.8 Å². The SMILES string of the molecule is Cc1[nH]c(=O)c(C#N)c(C)c1CCC(=O)NCC(N1CCNCC1)C(F)(F)F. The number of pyridine rings is 1. The Morgan fingerprint density at radius 1 is 1.32 bits per heavy atom. The van der Waals surface area contributed by atoms with Crippen molar-refractivity contribution in [3.63, 3.8) is 0 Å². The van der Waals surface area contributed by atoms with Gasteiger partial charge >= 0.3 is 6.18 Å². The second-order valence-electron chi connectivity index (χ2n) is 6.82. The van der Waals surface area contributed by atoms with E-state index < -0.39 is 30.2 Å². The fourth-order valence-electron chi connectivity index (χ4n) is 3.40. The number of nitriles is 1. The number of H-pyrrole nitrogens is 1. The molecule has 1 aromatic heterocycles. The van der Waals surface area contributed by atoms with E-state index in [1.165, 1.54) is 4.90 Å². The van der Waals surface area contributed by atoms with Gasteiger partial charge in [0.25, 0.3) is 5.56 Å². The first-order valence-corrected chi connectivity index (χ1v) is 9.05. The number of carbonyl (C=O) groups excluding carboxylic acids is 1. The number of aromatic amines is 1. The van der Waals surface area contributed by atoms with Gasteiger partial charge in [-0.3, -0.25) is 14.5 Å². The van der Waals surface area contributed by atoms with Crippen molar-refractivity contribution in [3.05, 3.63) is 32.7 Å². The quantitative estimate of drug-likeness (QED) is 0.655. The number of aromatic nitrogens is 1. The molecule has 1 aromatic rings. The van der Waals surface area contributed by atoms with Gasteiger partial charge in [0, 0.05) is 44.8 Å². The van der Waals surface area contributed by atoms with Crippen LogP contribution in [-0.2, 0) is 11.2 Å². The number of aryl methyl sites for hydroxylation is 1. The highest BCUT2D eigenvalue weighted by Gasteiger charge is 2.43. The smallest absolute Gasteiger partial charge is 0.354 e. The molecule has 7 nitrogen and oxygen atoms in total. The van der Waals surface area contributed by atoms with Crippen LogP contribution >= 0.6 is 0 Å². The topological polar surface area (TPSA) is 101 Å². The summed E-state index contributed by atoms with van der Waals surface area (Å²) in [4.78, 5) is 27.7. The number of nitrogens with zero attached hydrogens (tertiary/aromatic N) is 2. The number of hydrogen-bond donors (Lipinski definition) is 3. The van der Waals surface area contributed by atoms with Gasteiger partial charge in [-0.1, -0.05) is 0 Å². The van der Waals surface area contributed by atoms with Crippen molar-refractivity contribution in [1.82, 2.24) is 20.5 Å². The maximum absolute atomic E-state index is 13.4. The van der Waals surface area contributed by atoms with Crippen LogP contribution < -0.4 is 16.2 Å². The molecule has 0 radical (unpaired) electrons. The van der Waals surface area contributed by atoms with Gasteiger partial charge in [0.2, 0.25) is 5.91 Å². The van der Waals surface area contributed by atoms with Crippen LogP contribution in [0.25, 0.3) is 0 Å². The van der Waals surface area contributed by atoms with Crippen LogP contribution in [0.15, 0.2) is 4.79 Å². The van der Waals surface area contributed by atoms with Crippen LogP contribution in [-0.4, -0.2) is 60.7 Å². The Bertz CT molecular complexity index is 807. The van der Waals surface area contributed by atoms with Gasteiger partial charge in [-0.05, 0) is 31.4 Å². The predicted molar refractivity (Wildman–Crippen MR) is 96.9 cm³/mol. The lowest BCUT2D eigenvalue weighted by atomic mass is 9.99. The first kappa shape index (κ1) is 21.9. The zero-order chi connectivity index (χ0) is 20.9. The third kappa shape index (κ3) is 5.33. The van der Waals surface area contributed by atoms with Crippen molar-refractivity contribution in [2.75, 3.05) is 32.7 Å². The lowest BCUT2D eigenvalue weighted by molar-refractivity contribution is -0.184. The van der Waals surface area contributed by atoms with E-state index in [0.29, 0.717) is 29.9 Å². The fraction of sp³-hybridized carbons (Fsp3) is 0.611. The van der Waals surface area contributed by atoms with Gasteiger partial charge in [-0.2, -0.15) is 18.4 Å². The molecule has 1 atom stereocenters. The molecule has 1 aliphatic rings. The maximum Gasteiger partial charge on any atom is 0.405 e. The lowest BCUT2D eigenvalue weighted by Crippen LogP contribution is -2.57. The molecule has 0 spiro atoms. The highest BCUT2D eigenvalue weighted by Crippen LogP contribution is 2.25. The van der Waals surface area contributed by atoms with E-state index in [2.05, 4.69) is 15.6 Å². The summed E-state index contributed by atoms with van der Waals surface area (Å²) >= 11 is 0. The molecule has 1 amide bonds. The average molecular weight is 399 g/mol. The van der Waals surface area contributed by atoms with Crippen LogP contribution in [0.3, 0.4) is 0 Å². The lowest BCUT2D eigenvalue weighted by Gasteiger charge is -2.35. The number of nitrogens with one attached hydrogen (secondary N) is 3. The molecule has 0 saturated carbocycles. The molecule has 1 unspecified atom stereocenters. The Labute approximate surface area is 160 Å². The summed E-state index contributed by atoms with van der Waals surface area (Å²) in [6.45, 7) is 4.28. The highest BCUT2D eigenvalue weighted by molar-refractivity contribution is 5.76. The normalized spacial score (nSPS) is 16.4. The van der Waals surface area contributed by atoms with Crippen molar-refractivity contribution in [2.45, 2.75) is 38.9 Å². The van der Waals surface area contributed by atoms with E-state index in [0.717, 1.165) is 0 Å². The summed E-state index contributed by atoms with van der Waals surface area (Å²) in [5, 5.41) is 14.5. The predicted octanol–water partition coefficient (Wildman–Crippen LogP) is 0.748. The molecule has 3 N–H and O–H groups in total. The average Bonchev–Trinajstić information content (AvgIpc) is 2.61. The van der Waals surface area contributed by atoms with Gasteiger partial charge in [0.05, 0.1) is 0 Å². The first-order chi connectivity index (χ1) is 13.1. The Kier molecular flexibility index (Phi) is 7.21. The number of halogens is 3. The Morgan fingerprint density at radius 2 is 1.96 bits per heavy atom. The van der Waals surface area contributed by atoms with E-state index in [1.54, 1.807) is 13.8 Å². The number of rotatable bonds is 6. The van der Waals surface area contributed by atoms with Crippen LogP contribution in [0.5, 0.6) is 0 Å². The maximum atomic E-state index is 13.4. The van der Waals surface area contributed by atoms with Crippen molar-refractivity contribution in [1.29, 1.82) is 5.26 Å². The highest BCUT2D eigenvalue weighted by atomic mass is 19.4. The Hall–Kier alpha value is -2.38. The first-order valence-electron chi connectivity index (χ1n) is 9.05. The van der Waals surface area contributed by atoms with E-state index in [-0.39, 0.29) is 31.5 Å². The molecular weight excluding hydrogens is 375 g/mol. The second kappa shape index (κ2) is 9.21. The number of alkyl halides is 3. The van der Waals surface area contributed by atoms with Crippen LogP contribution in [0.4, 0.5) is 13.2 Å². The molecule has 1 fully saturated rings. The fourth-order valence-corrected chi connectivity index (χ4v) is 3.40. The van der Waals surface area contributed by atoms with Gasteiger partial charge in [0.15, 0.2) is 0 Å². The second-order valence-corrected chi connectivity index (χ2v) is 6.82. The number of carbonyl (C=O) groups is 1. The Balaban J connectivity index is 1.99. The molecule has 154 valence electrons. The van der Waals surface area contributed by atoms with Gasteiger partial charge in [0.1, 0.15) is 17.7 Å².